The Balaban J connectivity index is 1.22. The predicted octanol–water partition coefficient (Wildman–Crippen LogP) is 2.49. The van der Waals surface area contributed by atoms with Crippen molar-refractivity contribution < 1.29 is 9.00 Å². The zero-order valence-corrected chi connectivity index (χ0v) is 23.2. The fourth-order valence-electron chi connectivity index (χ4n) is 5.64. The molecule has 4 heterocycles. The molecule has 2 aliphatic heterocycles. The summed E-state index contributed by atoms with van der Waals surface area (Å²) in [5, 5.41) is 7.98. The molecule has 0 bridgehead atoms. The Morgan fingerprint density at radius 2 is 1.77 bits per heavy atom. The number of carbonyl (C=O) groups excluding carboxylic acids is 1. The van der Waals surface area contributed by atoms with Gasteiger partial charge in [-0.2, -0.15) is 4.98 Å². The molecular weight excluding hydrogens is 514 g/mol. The van der Waals surface area contributed by atoms with Crippen molar-refractivity contribution in [1.82, 2.24) is 29.6 Å². The Morgan fingerprint density at radius 3 is 2.51 bits per heavy atom. The Bertz CT molecular complexity index is 1630. The molecule has 2 saturated heterocycles. The van der Waals surface area contributed by atoms with E-state index in [1.807, 2.05) is 49.1 Å². The number of anilines is 1. The number of benzene rings is 2. The Morgan fingerprint density at radius 1 is 1.00 bits per heavy atom. The van der Waals surface area contributed by atoms with Crippen LogP contribution in [0.5, 0.6) is 0 Å². The molecule has 1 unspecified atom stereocenters. The maximum absolute atomic E-state index is 13.5. The Kier molecular flexibility index (Phi) is 6.94. The molecule has 204 valence electrons. The maximum Gasteiger partial charge on any atom is 0.281 e. The molecule has 0 radical (unpaired) electrons. The second-order valence-corrected chi connectivity index (χ2v) is 11.9. The van der Waals surface area contributed by atoms with Crippen LogP contribution in [0.4, 0.5) is 5.69 Å². The molecule has 0 aliphatic carbocycles. The summed E-state index contributed by atoms with van der Waals surface area (Å²) in [5.41, 5.74) is 3.54. The highest BCUT2D eigenvalue weighted by Crippen LogP contribution is 2.25. The van der Waals surface area contributed by atoms with Gasteiger partial charge in [0.05, 0.1) is 10.9 Å². The summed E-state index contributed by atoms with van der Waals surface area (Å²) in [4.78, 5) is 36.9. The molecule has 11 heteroatoms. The van der Waals surface area contributed by atoms with Crippen LogP contribution < -0.4 is 10.5 Å². The second kappa shape index (κ2) is 10.5. The lowest BCUT2D eigenvalue weighted by atomic mass is 10.2. The van der Waals surface area contributed by atoms with Gasteiger partial charge in [-0.15, -0.1) is 5.10 Å². The highest BCUT2D eigenvalue weighted by molar-refractivity contribution is 7.85. The molecule has 10 nitrogen and oxygen atoms in total. The third-order valence-corrected chi connectivity index (χ3v) is 9.34. The summed E-state index contributed by atoms with van der Waals surface area (Å²) in [6, 6.07) is 11.5. The average Bonchev–Trinajstić information content (AvgIpc) is 3.62. The molecule has 2 aromatic heterocycles. The minimum atomic E-state index is -1.59. The number of aromatic amines is 1. The van der Waals surface area contributed by atoms with Crippen molar-refractivity contribution >= 4 is 38.9 Å². The monoisotopic (exact) mass is 547 g/mol. The summed E-state index contributed by atoms with van der Waals surface area (Å²) in [7, 11) is -1.59. The molecule has 1 amide bonds. The van der Waals surface area contributed by atoms with Crippen molar-refractivity contribution in [2.75, 3.05) is 50.7 Å². The van der Waals surface area contributed by atoms with E-state index in [-0.39, 0.29) is 22.1 Å². The van der Waals surface area contributed by atoms with E-state index in [0.29, 0.717) is 22.2 Å². The zero-order valence-electron chi connectivity index (χ0n) is 22.4. The lowest BCUT2D eigenvalue weighted by Crippen LogP contribution is -2.47. The fraction of sp³-hybridized carbons (Fsp3) is 0.429. The number of carbonyl (C=O) groups is 1. The first-order valence-corrected chi connectivity index (χ1v) is 14.7. The fourth-order valence-corrected chi connectivity index (χ4v) is 6.81. The third-order valence-electron chi connectivity index (χ3n) is 7.86. The van der Waals surface area contributed by atoms with E-state index in [0.717, 1.165) is 75.5 Å². The van der Waals surface area contributed by atoms with Gasteiger partial charge in [-0.25, -0.2) is 13.9 Å². The third kappa shape index (κ3) is 4.96. The summed E-state index contributed by atoms with van der Waals surface area (Å²) < 4.78 is 15.1. The highest BCUT2D eigenvalue weighted by atomic mass is 32.2. The van der Waals surface area contributed by atoms with E-state index in [1.54, 1.807) is 10.6 Å². The first kappa shape index (κ1) is 25.7. The lowest BCUT2D eigenvalue weighted by molar-refractivity contribution is -0.130. The Labute approximate surface area is 229 Å². The van der Waals surface area contributed by atoms with Gasteiger partial charge in [0.2, 0.25) is 5.91 Å². The number of nitrogens with one attached hydrogen (secondary N) is 1. The molecule has 2 aromatic carbocycles. The van der Waals surface area contributed by atoms with Crippen LogP contribution in [0.2, 0.25) is 0 Å². The predicted molar refractivity (Wildman–Crippen MR) is 151 cm³/mol. The van der Waals surface area contributed by atoms with Gasteiger partial charge in [0.15, 0.2) is 10.7 Å². The van der Waals surface area contributed by atoms with Crippen molar-refractivity contribution in [2.45, 2.75) is 43.0 Å². The number of hydrogen-bond acceptors (Lipinski definition) is 7. The summed E-state index contributed by atoms with van der Waals surface area (Å²) in [5.74, 6) is 0.268. The number of aromatic nitrogens is 4. The summed E-state index contributed by atoms with van der Waals surface area (Å²) in [6.07, 6.45) is 2.82. The van der Waals surface area contributed by atoms with Crippen molar-refractivity contribution in [3.05, 3.63) is 57.9 Å². The van der Waals surface area contributed by atoms with Crippen LogP contribution >= 0.6 is 0 Å². The van der Waals surface area contributed by atoms with Crippen LogP contribution in [0.3, 0.4) is 0 Å². The van der Waals surface area contributed by atoms with E-state index in [2.05, 4.69) is 25.1 Å². The minimum absolute atomic E-state index is 0.239. The number of likely N-dealkylation sites (tertiary alicyclic amines) is 1. The quantitative estimate of drug-likeness (QED) is 0.395. The van der Waals surface area contributed by atoms with Crippen molar-refractivity contribution in [3.63, 3.8) is 0 Å². The Hall–Kier alpha value is -3.57. The largest absolute Gasteiger partial charge is 0.369 e. The van der Waals surface area contributed by atoms with Gasteiger partial charge in [0, 0.05) is 62.8 Å². The number of piperazine rings is 1. The van der Waals surface area contributed by atoms with Gasteiger partial charge in [-0.1, -0.05) is 17.7 Å². The maximum atomic E-state index is 13.5. The lowest BCUT2D eigenvalue weighted by Gasteiger charge is -2.36. The van der Waals surface area contributed by atoms with E-state index in [9.17, 15) is 13.8 Å². The molecule has 39 heavy (non-hydrogen) atoms. The molecule has 1 atom stereocenters. The van der Waals surface area contributed by atoms with Gasteiger partial charge in [0.1, 0.15) is 10.8 Å². The van der Waals surface area contributed by atoms with Crippen LogP contribution in [0.1, 0.15) is 30.4 Å². The van der Waals surface area contributed by atoms with Crippen LogP contribution in [-0.2, 0) is 15.6 Å². The molecule has 2 aliphatic rings. The normalized spacial score (nSPS) is 17.4. The standard InChI is InChI=1S/C28H33N7O3S/c1-19-5-8-24(20(2)17-19)39(38)28-26-29-27(37)22-7-6-21(18-23(22)35(26)31-30-28)33-15-13-32(14-16-33)12-9-25(36)34-10-3-4-11-34/h5-8,17-18,31H,3-4,9-16H2,1-2H3. The molecule has 2 fully saturated rings. The minimum Gasteiger partial charge on any atom is -0.369 e. The molecular formula is C28H33N7O3S. The number of H-pyrrole nitrogens is 1. The summed E-state index contributed by atoms with van der Waals surface area (Å²) >= 11 is 0. The molecule has 1 N–H and O–H groups in total. The van der Waals surface area contributed by atoms with Crippen molar-refractivity contribution in [2.24, 2.45) is 0 Å². The number of aryl methyl sites for hydroxylation is 2. The molecule has 4 aromatic rings. The molecule has 6 rings (SSSR count). The first-order chi connectivity index (χ1) is 18.9. The van der Waals surface area contributed by atoms with Crippen LogP contribution in [0, 0.1) is 13.8 Å². The SMILES string of the molecule is Cc1ccc(S(=O)c2n[nH]n3c2nc(=O)c2ccc(N4CCN(CCC(=O)N5CCCC5)CC4)cc23)c(C)c1. The molecule has 0 spiro atoms. The van der Waals surface area contributed by atoms with E-state index in [4.69, 9.17) is 0 Å². The number of fused-ring (bicyclic) bond motifs is 3. The van der Waals surface area contributed by atoms with E-state index >= 15 is 0 Å². The smallest absolute Gasteiger partial charge is 0.281 e. The summed E-state index contributed by atoms with van der Waals surface area (Å²) in [6.45, 7) is 9.91. The van der Waals surface area contributed by atoms with Crippen LogP contribution in [0.15, 0.2) is 51.1 Å². The van der Waals surface area contributed by atoms with E-state index < -0.39 is 10.8 Å². The van der Waals surface area contributed by atoms with Gasteiger partial charge in [-0.05, 0) is 56.5 Å². The highest BCUT2D eigenvalue weighted by Gasteiger charge is 2.23. The van der Waals surface area contributed by atoms with Gasteiger partial charge in [-0.3, -0.25) is 14.5 Å². The average molecular weight is 548 g/mol. The molecule has 0 saturated carbocycles. The van der Waals surface area contributed by atoms with Crippen LogP contribution in [0.25, 0.3) is 16.6 Å². The number of amides is 1. The number of hydrogen-bond donors (Lipinski definition) is 1. The second-order valence-electron chi connectivity index (χ2n) is 10.5. The van der Waals surface area contributed by atoms with Gasteiger partial charge < -0.3 is 9.80 Å². The van der Waals surface area contributed by atoms with E-state index in [1.165, 1.54) is 0 Å². The number of nitrogens with zero attached hydrogens (tertiary/aromatic N) is 6. The van der Waals surface area contributed by atoms with Crippen molar-refractivity contribution in [3.8, 4) is 0 Å². The number of rotatable bonds is 6. The van der Waals surface area contributed by atoms with Gasteiger partial charge >= 0.3 is 0 Å². The zero-order chi connectivity index (χ0) is 27.1. The van der Waals surface area contributed by atoms with Crippen molar-refractivity contribution in [1.29, 1.82) is 0 Å². The van der Waals surface area contributed by atoms with Crippen LogP contribution in [-0.4, -0.2) is 85.5 Å². The van der Waals surface area contributed by atoms with Gasteiger partial charge in [0.25, 0.3) is 5.56 Å². The first-order valence-electron chi connectivity index (χ1n) is 13.5. The topological polar surface area (TPSA) is 107 Å².